The molecule has 0 heterocycles. The Morgan fingerprint density at radius 1 is 1.15 bits per heavy atom. The van der Waals surface area contributed by atoms with Crippen LogP contribution in [0.15, 0.2) is 89.8 Å². The molecule has 1 rings (SSSR count). The molecule has 0 aliphatic rings. The van der Waals surface area contributed by atoms with Crippen LogP contribution >= 0.6 is 0 Å². The standard InChI is InChI=1S/C23H30N2O/c1-6-16-24-25-20(5)23(26)15-14-21-10-12-22(13-11-21)17-19(4)9-8-18(3)7-2/h6-13,15,24,26H,1,4,14,16-17H2,2-3,5H3/b9-8-,18-7-,23-15-,25-20-. The van der Waals surface area contributed by atoms with Crippen LogP contribution in [0.5, 0.6) is 0 Å². The molecule has 0 aromatic heterocycles. The van der Waals surface area contributed by atoms with Crippen molar-refractivity contribution >= 4 is 5.71 Å². The van der Waals surface area contributed by atoms with E-state index in [2.05, 4.69) is 73.1 Å². The van der Waals surface area contributed by atoms with E-state index in [1.807, 2.05) is 6.92 Å². The van der Waals surface area contributed by atoms with Crippen molar-refractivity contribution in [1.29, 1.82) is 0 Å². The molecule has 0 radical (unpaired) electrons. The van der Waals surface area contributed by atoms with Crippen molar-refractivity contribution in [2.24, 2.45) is 5.10 Å². The van der Waals surface area contributed by atoms with E-state index in [-0.39, 0.29) is 5.76 Å². The average molecular weight is 351 g/mol. The second-order valence-electron chi connectivity index (χ2n) is 6.16. The van der Waals surface area contributed by atoms with Crippen LogP contribution in [0, 0.1) is 0 Å². The lowest BCUT2D eigenvalue weighted by molar-refractivity contribution is 0.439. The van der Waals surface area contributed by atoms with E-state index in [1.165, 1.54) is 11.1 Å². The maximum absolute atomic E-state index is 10.0. The van der Waals surface area contributed by atoms with Gasteiger partial charge in [-0.05, 0) is 50.8 Å². The lowest BCUT2D eigenvalue weighted by Gasteiger charge is -2.04. The second-order valence-corrected chi connectivity index (χ2v) is 6.16. The number of aliphatic hydroxyl groups is 1. The Bertz CT molecular complexity index is 719. The zero-order valence-electron chi connectivity index (χ0n) is 16.1. The summed E-state index contributed by atoms with van der Waals surface area (Å²) in [6.07, 6.45) is 11.2. The minimum Gasteiger partial charge on any atom is -0.506 e. The van der Waals surface area contributed by atoms with Gasteiger partial charge in [-0.1, -0.05) is 66.3 Å². The van der Waals surface area contributed by atoms with Crippen LogP contribution in [0.3, 0.4) is 0 Å². The van der Waals surface area contributed by atoms with Gasteiger partial charge in [0, 0.05) is 0 Å². The molecule has 0 atom stereocenters. The lowest BCUT2D eigenvalue weighted by atomic mass is 10.0. The smallest absolute Gasteiger partial charge is 0.134 e. The number of hydrogen-bond donors (Lipinski definition) is 2. The number of nitrogens with zero attached hydrogens (tertiary/aromatic N) is 1. The van der Waals surface area contributed by atoms with Crippen molar-refractivity contribution < 1.29 is 5.11 Å². The summed E-state index contributed by atoms with van der Waals surface area (Å²) in [4.78, 5) is 0. The third kappa shape index (κ3) is 8.34. The van der Waals surface area contributed by atoms with Crippen LogP contribution in [0.2, 0.25) is 0 Å². The molecule has 1 aromatic carbocycles. The van der Waals surface area contributed by atoms with E-state index in [0.29, 0.717) is 18.7 Å². The van der Waals surface area contributed by atoms with Crippen molar-refractivity contribution in [3.63, 3.8) is 0 Å². The van der Waals surface area contributed by atoms with Gasteiger partial charge in [-0.15, -0.1) is 6.58 Å². The van der Waals surface area contributed by atoms with Crippen LogP contribution < -0.4 is 5.43 Å². The molecule has 3 heteroatoms. The van der Waals surface area contributed by atoms with Crippen molar-refractivity contribution in [2.45, 2.75) is 33.6 Å². The van der Waals surface area contributed by atoms with Crippen LogP contribution in [0.1, 0.15) is 31.9 Å². The molecule has 1 aromatic rings. The van der Waals surface area contributed by atoms with E-state index in [0.717, 1.165) is 17.6 Å². The molecule has 0 saturated heterocycles. The maximum Gasteiger partial charge on any atom is 0.134 e. The van der Waals surface area contributed by atoms with Gasteiger partial charge in [0.2, 0.25) is 0 Å². The number of hydrazone groups is 1. The van der Waals surface area contributed by atoms with E-state index in [1.54, 1.807) is 19.1 Å². The van der Waals surface area contributed by atoms with Gasteiger partial charge in [0.25, 0.3) is 0 Å². The number of nitrogens with one attached hydrogen (secondary N) is 1. The molecule has 26 heavy (non-hydrogen) atoms. The predicted octanol–water partition coefficient (Wildman–Crippen LogP) is 5.44. The van der Waals surface area contributed by atoms with E-state index in [9.17, 15) is 5.11 Å². The van der Waals surface area contributed by atoms with Crippen LogP contribution in [-0.2, 0) is 12.8 Å². The molecule has 0 fully saturated rings. The number of benzene rings is 1. The molecule has 0 aliphatic carbocycles. The first-order valence-corrected chi connectivity index (χ1v) is 8.80. The Morgan fingerprint density at radius 2 is 1.81 bits per heavy atom. The SMILES string of the molecule is C=CCN/N=C(C)\C(O)=C\Cc1ccc(CC(=C)/C=C\C(C)=C/C)cc1. The number of hydrogen-bond acceptors (Lipinski definition) is 3. The summed E-state index contributed by atoms with van der Waals surface area (Å²) in [7, 11) is 0. The van der Waals surface area contributed by atoms with E-state index in [4.69, 9.17) is 0 Å². The van der Waals surface area contributed by atoms with Gasteiger partial charge in [0.15, 0.2) is 0 Å². The lowest BCUT2D eigenvalue weighted by Crippen LogP contribution is -2.09. The highest BCUT2D eigenvalue weighted by atomic mass is 16.3. The fourth-order valence-corrected chi connectivity index (χ4v) is 2.11. The van der Waals surface area contributed by atoms with Gasteiger partial charge >= 0.3 is 0 Å². The number of allylic oxidation sites excluding steroid dienone is 7. The Morgan fingerprint density at radius 3 is 2.42 bits per heavy atom. The number of rotatable bonds is 10. The Kier molecular flexibility index (Phi) is 9.55. The minimum atomic E-state index is 0.184. The first-order valence-electron chi connectivity index (χ1n) is 8.80. The van der Waals surface area contributed by atoms with E-state index < -0.39 is 0 Å². The molecule has 0 bridgehead atoms. The predicted molar refractivity (Wildman–Crippen MR) is 114 cm³/mol. The Balaban J connectivity index is 2.60. The quantitative estimate of drug-likeness (QED) is 0.147. The van der Waals surface area contributed by atoms with Crippen molar-refractivity contribution in [3.8, 4) is 0 Å². The third-order valence-electron chi connectivity index (χ3n) is 3.88. The highest BCUT2D eigenvalue weighted by molar-refractivity contribution is 5.95. The Labute approximate surface area is 157 Å². The van der Waals surface area contributed by atoms with Crippen LogP contribution in [-0.4, -0.2) is 17.4 Å². The summed E-state index contributed by atoms with van der Waals surface area (Å²) in [6, 6.07) is 8.37. The topological polar surface area (TPSA) is 44.6 Å². The van der Waals surface area contributed by atoms with Gasteiger partial charge in [-0.3, -0.25) is 0 Å². The summed E-state index contributed by atoms with van der Waals surface area (Å²) in [5.74, 6) is 0.184. The van der Waals surface area contributed by atoms with Crippen molar-refractivity contribution in [1.82, 2.24) is 5.43 Å². The zero-order valence-corrected chi connectivity index (χ0v) is 16.1. The minimum absolute atomic E-state index is 0.184. The van der Waals surface area contributed by atoms with Gasteiger partial charge in [-0.25, -0.2) is 0 Å². The summed E-state index contributed by atoms with van der Waals surface area (Å²) < 4.78 is 0. The number of aliphatic hydroxyl groups excluding tert-OH is 1. The molecular weight excluding hydrogens is 320 g/mol. The van der Waals surface area contributed by atoms with Gasteiger partial charge in [0.05, 0.1) is 12.3 Å². The first kappa shape index (κ1) is 21.2. The van der Waals surface area contributed by atoms with Gasteiger partial charge < -0.3 is 10.5 Å². The molecule has 2 N–H and O–H groups in total. The molecular formula is C23H30N2O. The van der Waals surface area contributed by atoms with Crippen LogP contribution in [0.25, 0.3) is 0 Å². The van der Waals surface area contributed by atoms with Gasteiger partial charge in [0.1, 0.15) is 5.76 Å². The molecule has 138 valence electrons. The van der Waals surface area contributed by atoms with Crippen LogP contribution in [0.4, 0.5) is 0 Å². The molecule has 3 nitrogen and oxygen atoms in total. The summed E-state index contributed by atoms with van der Waals surface area (Å²) in [5.41, 5.74) is 8.04. The third-order valence-corrected chi connectivity index (χ3v) is 3.88. The fraction of sp³-hybridized carbons (Fsp3) is 0.261. The first-order chi connectivity index (χ1) is 12.5. The molecule has 0 unspecified atom stereocenters. The van der Waals surface area contributed by atoms with Crippen molar-refractivity contribution in [3.05, 3.63) is 95.8 Å². The van der Waals surface area contributed by atoms with Crippen molar-refractivity contribution in [2.75, 3.05) is 6.54 Å². The fourth-order valence-electron chi connectivity index (χ4n) is 2.11. The molecule has 0 aliphatic heterocycles. The molecule has 0 saturated carbocycles. The summed E-state index contributed by atoms with van der Waals surface area (Å²) in [6.45, 7) is 14.1. The van der Waals surface area contributed by atoms with E-state index >= 15 is 0 Å². The monoisotopic (exact) mass is 350 g/mol. The average Bonchev–Trinajstić information content (AvgIpc) is 2.65. The normalized spacial score (nSPS) is 13.1. The van der Waals surface area contributed by atoms with Gasteiger partial charge in [-0.2, -0.15) is 5.10 Å². The Hall–Kier alpha value is -2.81. The maximum atomic E-state index is 10.0. The highest BCUT2D eigenvalue weighted by Gasteiger charge is 2.00. The largest absolute Gasteiger partial charge is 0.506 e. The highest BCUT2D eigenvalue weighted by Crippen LogP contribution is 2.12. The zero-order chi connectivity index (χ0) is 19.4. The summed E-state index contributed by atoms with van der Waals surface area (Å²) >= 11 is 0. The molecule has 0 amide bonds. The summed E-state index contributed by atoms with van der Waals surface area (Å²) in [5, 5.41) is 14.1. The second kappa shape index (κ2) is 11.7. The molecule has 0 spiro atoms.